The summed E-state index contributed by atoms with van der Waals surface area (Å²) in [5.74, 6) is 0.591. The van der Waals surface area contributed by atoms with Crippen molar-refractivity contribution in [2.24, 2.45) is 11.0 Å². The van der Waals surface area contributed by atoms with Crippen molar-refractivity contribution >= 4 is 12.3 Å². The largest absolute Gasteiger partial charge is 0.452 e. The zero-order valence-electron chi connectivity index (χ0n) is 11.7. The number of ether oxygens (including phenoxy) is 1. The Bertz CT molecular complexity index is 447. The third kappa shape index (κ3) is 3.61. The lowest BCUT2D eigenvalue weighted by Crippen LogP contribution is -2.16. The van der Waals surface area contributed by atoms with Gasteiger partial charge in [0.25, 0.3) is 0 Å². The minimum atomic E-state index is -0.567. The minimum absolute atomic E-state index is 0.567. The van der Waals surface area contributed by atoms with E-state index >= 15 is 0 Å². The van der Waals surface area contributed by atoms with Gasteiger partial charge in [0.1, 0.15) is 0 Å². The van der Waals surface area contributed by atoms with E-state index in [9.17, 15) is 4.79 Å². The topological polar surface area (TPSA) is 55.6 Å². The van der Waals surface area contributed by atoms with Crippen LogP contribution >= 0.6 is 0 Å². The molecule has 0 saturated heterocycles. The number of hydrazone groups is 1. The molecule has 1 heterocycles. The molecule has 5 nitrogen and oxygen atoms in total. The Kier molecular flexibility index (Phi) is 4.95. The molecule has 0 aromatic carbocycles. The summed E-state index contributed by atoms with van der Waals surface area (Å²) in [6, 6.07) is 2.06. The summed E-state index contributed by atoms with van der Waals surface area (Å²) in [6.07, 6.45) is 1.07. The Morgan fingerprint density at radius 3 is 2.78 bits per heavy atom. The number of hydrogen-bond donors (Lipinski definition) is 1. The molecule has 1 amide bonds. The normalized spacial score (nSPS) is 11.2. The number of nitrogens with zero attached hydrogens (tertiary/aromatic N) is 2. The van der Waals surface area contributed by atoms with E-state index in [2.05, 4.69) is 53.6 Å². The Hall–Kier alpha value is -1.78. The molecule has 1 rings (SSSR count). The standard InChI is InChI=1S/C13H21N3O2/c1-9(2)8-16-10(3)6-12(11(16)4)7-14-15-13(17)18-5/h6-7,9H,8H2,1-5H3,(H,15,17)/b14-7-. The minimum Gasteiger partial charge on any atom is -0.452 e. The van der Waals surface area contributed by atoms with E-state index in [0.29, 0.717) is 5.92 Å². The van der Waals surface area contributed by atoms with Crippen molar-refractivity contribution < 1.29 is 9.53 Å². The number of methoxy groups -OCH3 is 1. The highest BCUT2D eigenvalue weighted by atomic mass is 16.5. The molecule has 0 bridgehead atoms. The van der Waals surface area contributed by atoms with Gasteiger partial charge in [-0.15, -0.1) is 0 Å². The molecule has 0 aliphatic heterocycles. The lowest BCUT2D eigenvalue weighted by atomic mass is 10.2. The Morgan fingerprint density at radius 1 is 1.56 bits per heavy atom. The molecule has 1 aromatic rings. The highest BCUT2D eigenvalue weighted by molar-refractivity contribution is 5.82. The number of hydrogen-bond acceptors (Lipinski definition) is 3. The van der Waals surface area contributed by atoms with Crippen LogP contribution in [0, 0.1) is 19.8 Å². The van der Waals surface area contributed by atoms with E-state index in [4.69, 9.17) is 0 Å². The van der Waals surface area contributed by atoms with Gasteiger partial charge in [-0.3, -0.25) is 0 Å². The first kappa shape index (κ1) is 14.3. The van der Waals surface area contributed by atoms with Gasteiger partial charge in [0.2, 0.25) is 0 Å². The average molecular weight is 251 g/mol. The van der Waals surface area contributed by atoms with Crippen molar-refractivity contribution in [2.75, 3.05) is 7.11 Å². The fourth-order valence-corrected chi connectivity index (χ4v) is 1.80. The molecule has 0 fully saturated rings. The smallest absolute Gasteiger partial charge is 0.427 e. The van der Waals surface area contributed by atoms with E-state index in [1.807, 2.05) is 0 Å². The van der Waals surface area contributed by atoms with Crippen LogP contribution in [0.3, 0.4) is 0 Å². The number of rotatable bonds is 4. The van der Waals surface area contributed by atoms with E-state index in [-0.39, 0.29) is 0 Å². The molecular formula is C13H21N3O2. The van der Waals surface area contributed by atoms with Gasteiger partial charge in [-0.05, 0) is 25.8 Å². The quantitative estimate of drug-likeness (QED) is 0.660. The predicted molar refractivity (Wildman–Crippen MR) is 71.9 cm³/mol. The second-order valence-electron chi connectivity index (χ2n) is 4.69. The van der Waals surface area contributed by atoms with Crippen LogP contribution in [0.4, 0.5) is 4.79 Å². The SMILES string of the molecule is COC(=O)N/N=C\c1cc(C)n(CC(C)C)c1C. The van der Waals surface area contributed by atoms with Crippen LogP contribution in [0.25, 0.3) is 0 Å². The highest BCUT2D eigenvalue weighted by Crippen LogP contribution is 2.15. The Labute approximate surface area is 108 Å². The fraction of sp³-hybridized carbons (Fsp3) is 0.538. The van der Waals surface area contributed by atoms with Gasteiger partial charge in [0.05, 0.1) is 13.3 Å². The highest BCUT2D eigenvalue weighted by Gasteiger charge is 2.08. The average Bonchev–Trinajstić information content (AvgIpc) is 2.56. The van der Waals surface area contributed by atoms with E-state index in [1.54, 1.807) is 6.21 Å². The predicted octanol–water partition coefficient (Wildman–Crippen LogP) is 2.45. The summed E-state index contributed by atoms with van der Waals surface area (Å²) in [6.45, 7) is 9.47. The fourth-order valence-electron chi connectivity index (χ4n) is 1.80. The van der Waals surface area contributed by atoms with Crippen LogP contribution in [0.5, 0.6) is 0 Å². The number of aromatic nitrogens is 1. The third-order valence-electron chi connectivity index (χ3n) is 2.71. The number of nitrogens with one attached hydrogen (secondary N) is 1. The van der Waals surface area contributed by atoms with Crippen molar-refractivity contribution in [3.05, 3.63) is 23.0 Å². The van der Waals surface area contributed by atoms with Gasteiger partial charge >= 0.3 is 6.09 Å². The zero-order chi connectivity index (χ0) is 13.7. The van der Waals surface area contributed by atoms with E-state index in [0.717, 1.165) is 17.8 Å². The van der Waals surface area contributed by atoms with Crippen LogP contribution in [0.1, 0.15) is 30.8 Å². The molecule has 5 heteroatoms. The molecule has 0 unspecified atom stereocenters. The first-order chi connectivity index (χ1) is 8.45. The molecule has 18 heavy (non-hydrogen) atoms. The van der Waals surface area contributed by atoms with Gasteiger partial charge < -0.3 is 9.30 Å². The van der Waals surface area contributed by atoms with Crippen LogP contribution in [-0.2, 0) is 11.3 Å². The summed E-state index contributed by atoms with van der Waals surface area (Å²) in [5, 5.41) is 3.84. The second kappa shape index (κ2) is 6.23. The molecule has 1 N–H and O–H groups in total. The molecular weight excluding hydrogens is 230 g/mol. The summed E-state index contributed by atoms with van der Waals surface area (Å²) in [7, 11) is 1.30. The van der Waals surface area contributed by atoms with Gasteiger partial charge in [-0.2, -0.15) is 5.10 Å². The first-order valence-corrected chi connectivity index (χ1v) is 5.99. The molecule has 0 aliphatic carbocycles. The molecule has 0 radical (unpaired) electrons. The lowest BCUT2D eigenvalue weighted by Gasteiger charge is -2.11. The number of amides is 1. The second-order valence-corrected chi connectivity index (χ2v) is 4.69. The zero-order valence-corrected chi connectivity index (χ0v) is 11.7. The van der Waals surface area contributed by atoms with Crippen LogP contribution in [0.2, 0.25) is 0 Å². The lowest BCUT2D eigenvalue weighted by molar-refractivity contribution is 0.171. The van der Waals surface area contributed by atoms with Crippen molar-refractivity contribution in [3.63, 3.8) is 0 Å². The summed E-state index contributed by atoms with van der Waals surface area (Å²) in [4.78, 5) is 10.9. The number of carbonyl (C=O) groups excluding carboxylic acids is 1. The van der Waals surface area contributed by atoms with Gasteiger partial charge in [-0.1, -0.05) is 13.8 Å². The first-order valence-electron chi connectivity index (χ1n) is 5.99. The van der Waals surface area contributed by atoms with Crippen LogP contribution in [0.15, 0.2) is 11.2 Å². The summed E-state index contributed by atoms with van der Waals surface area (Å²) < 4.78 is 6.69. The van der Waals surface area contributed by atoms with Crippen molar-refractivity contribution in [3.8, 4) is 0 Å². The molecule has 1 aromatic heterocycles. The maximum Gasteiger partial charge on any atom is 0.427 e. The monoisotopic (exact) mass is 251 g/mol. The molecule has 0 saturated carbocycles. The van der Waals surface area contributed by atoms with Crippen LogP contribution < -0.4 is 5.43 Å². The number of carbonyl (C=O) groups is 1. The van der Waals surface area contributed by atoms with E-state index in [1.165, 1.54) is 12.8 Å². The van der Waals surface area contributed by atoms with Crippen molar-refractivity contribution in [1.29, 1.82) is 0 Å². The molecule has 0 atom stereocenters. The van der Waals surface area contributed by atoms with Crippen molar-refractivity contribution in [2.45, 2.75) is 34.2 Å². The molecule has 100 valence electrons. The summed E-state index contributed by atoms with van der Waals surface area (Å²) in [5.41, 5.74) is 5.63. The van der Waals surface area contributed by atoms with Crippen molar-refractivity contribution in [1.82, 2.24) is 9.99 Å². The summed E-state index contributed by atoms with van der Waals surface area (Å²) >= 11 is 0. The molecule has 0 spiro atoms. The van der Waals surface area contributed by atoms with Crippen LogP contribution in [-0.4, -0.2) is 24.0 Å². The Morgan fingerprint density at radius 2 is 2.22 bits per heavy atom. The maximum atomic E-state index is 10.9. The molecule has 0 aliphatic rings. The van der Waals surface area contributed by atoms with E-state index < -0.39 is 6.09 Å². The number of aryl methyl sites for hydroxylation is 1. The Balaban J connectivity index is 2.82. The maximum absolute atomic E-state index is 10.9. The van der Waals surface area contributed by atoms with Gasteiger partial charge in [-0.25, -0.2) is 10.2 Å². The third-order valence-corrected chi connectivity index (χ3v) is 2.71. The van der Waals surface area contributed by atoms with Gasteiger partial charge in [0, 0.05) is 23.5 Å². The van der Waals surface area contributed by atoms with Gasteiger partial charge in [0.15, 0.2) is 0 Å².